The van der Waals surface area contributed by atoms with Crippen LogP contribution < -0.4 is 33.2 Å². The Kier molecular flexibility index (Phi) is 13.9. The van der Waals surface area contributed by atoms with Gasteiger partial charge in [0.25, 0.3) is 0 Å². The molecule has 0 rings (SSSR count). The summed E-state index contributed by atoms with van der Waals surface area (Å²) in [5, 5.41) is 25.4. The standard InChI is InChI=1S/C20H37N7O7/c1-4-10(2)15(19(33)34)27-16(30)11(3)25-18(32)13(6-5-9-24-20(22)23)26-17(31)12(21)7-8-14(28)29/h10-13,15H,4-9,21H2,1-3H3,(H,25,32)(H,26,31)(H,27,30)(H,28,29)(H,33,34)(H4,22,23,24). The first kappa shape index (κ1) is 30.6. The molecule has 11 N–H and O–H groups in total. The number of nitrogens with two attached hydrogens (primary N) is 3. The predicted molar refractivity (Wildman–Crippen MR) is 123 cm³/mol. The number of carbonyl (C=O) groups excluding carboxylic acids is 3. The maximum Gasteiger partial charge on any atom is 0.326 e. The highest BCUT2D eigenvalue weighted by Gasteiger charge is 2.30. The molecular formula is C20H37N7O7. The Labute approximate surface area is 198 Å². The van der Waals surface area contributed by atoms with E-state index in [-0.39, 0.29) is 37.7 Å². The zero-order valence-corrected chi connectivity index (χ0v) is 19.7. The summed E-state index contributed by atoms with van der Waals surface area (Å²) >= 11 is 0. The molecule has 5 unspecified atom stereocenters. The van der Waals surface area contributed by atoms with Gasteiger partial charge in [0, 0.05) is 13.0 Å². The average Bonchev–Trinajstić information content (AvgIpc) is 2.76. The van der Waals surface area contributed by atoms with Crippen LogP contribution in [0.4, 0.5) is 0 Å². The predicted octanol–water partition coefficient (Wildman–Crippen LogP) is -2.16. The molecule has 14 nitrogen and oxygen atoms in total. The van der Waals surface area contributed by atoms with Gasteiger partial charge in [0.05, 0.1) is 6.04 Å². The van der Waals surface area contributed by atoms with Gasteiger partial charge in [-0.1, -0.05) is 20.3 Å². The number of amides is 3. The summed E-state index contributed by atoms with van der Waals surface area (Å²) in [6.45, 7) is 5.02. The smallest absolute Gasteiger partial charge is 0.326 e. The van der Waals surface area contributed by atoms with Crippen LogP contribution >= 0.6 is 0 Å². The summed E-state index contributed by atoms with van der Waals surface area (Å²) in [6.07, 6.45) is 0.460. The molecule has 14 heteroatoms. The molecule has 0 saturated heterocycles. The van der Waals surface area contributed by atoms with Gasteiger partial charge in [0.1, 0.15) is 18.1 Å². The molecule has 0 bridgehead atoms. The van der Waals surface area contributed by atoms with E-state index in [1.807, 2.05) is 0 Å². The molecule has 0 aromatic rings. The van der Waals surface area contributed by atoms with Crippen LogP contribution in [0.25, 0.3) is 0 Å². The highest BCUT2D eigenvalue weighted by atomic mass is 16.4. The molecular weight excluding hydrogens is 450 g/mol. The van der Waals surface area contributed by atoms with E-state index in [1.165, 1.54) is 6.92 Å². The highest BCUT2D eigenvalue weighted by molar-refractivity contribution is 5.94. The van der Waals surface area contributed by atoms with Crippen LogP contribution in [0.2, 0.25) is 0 Å². The van der Waals surface area contributed by atoms with Crippen LogP contribution in [0.15, 0.2) is 4.99 Å². The Bertz CT molecular complexity index is 756. The van der Waals surface area contributed by atoms with E-state index in [1.54, 1.807) is 13.8 Å². The van der Waals surface area contributed by atoms with E-state index < -0.39 is 53.8 Å². The minimum absolute atomic E-state index is 0.0962. The lowest BCUT2D eigenvalue weighted by molar-refractivity contribution is -0.143. The van der Waals surface area contributed by atoms with Gasteiger partial charge in [-0.3, -0.25) is 24.2 Å². The second-order valence-electron chi connectivity index (χ2n) is 7.99. The number of carboxylic acid groups (broad SMARTS) is 2. The van der Waals surface area contributed by atoms with Crippen molar-refractivity contribution in [3.8, 4) is 0 Å². The molecule has 5 atom stereocenters. The van der Waals surface area contributed by atoms with Crippen molar-refractivity contribution in [2.75, 3.05) is 6.54 Å². The molecule has 0 heterocycles. The second-order valence-corrected chi connectivity index (χ2v) is 7.99. The van der Waals surface area contributed by atoms with Crippen LogP contribution in [-0.4, -0.2) is 76.5 Å². The average molecular weight is 488 g/mol. The Morgan fingerprint density at radius 3 is 2.03 bits per heavy atom. The molecule has 0 aliphatic rings. The summed E-state index contributed by atoms with van der Waals surface area (Å²) in [5.41, 5.74) is 16.2. The van der Waals surface area contributed by atoms with Gasteiger partial charge in [0.2, 0.25) is 17.7 Å². The second kappa shape index (κ2) is 15.4. The van der Waals surface area contributed by atoms with E-state index in [0.717, 1.165) is 0 Å². The third-order valence-electron chi connectivity index (χ3n) is 5.11. The molecule has 194 valence electrons. The number of rotatable bonds is 16. The Morgan fingerprint density at radius 2 is 1.53 bits per heavy atom. The molecule has 0 fully saturated rings. The van der Waals surface area contributed by atoms with Gasteiger partial charge in [-0.2, -0.15) is 0 Å². The van der Waals surface area contributed by atoms with E-state index in [2.05, 4.69) is 20.9 Å². The van der Waals surface area contributed by atoms with Crippen LogP contribution in [-0.2, 0) is 24.0 Å². The van der Waals surface area contributed by atoms with Crippen molar-refractivity contribution in [3.05, 3.63) is 0 Å². The highest BCUT2D eigenvalue weighted by Crippen LogP contribution is 2.08. The molecule has 0 saturated carbocycles. The molecule has 0 aliphatic carbocycles. The number of carboxylic acids is 2. The third-order valence-corrected chi connectivity index (χ3v) is 5.11. The number of hydrogen-bond donors (Lipinski definition) is 8. The lowest BCUT2D eigenvalue weighted by Gasteiger charge is -2.25. The van der Waals surface area contributed by atoms with Crippen molar-refractivity contribution < 1.29 is 34.2 Å². The fraction of sp³-hybridized carbons (Fsp3) is 0.700. The summed E-state index contributed by atoms with van der Waals surface area (Å²) < 4.78 is 0. The fourth-order valence-electron chi connectivity index (χ4n) is 2.80. The number of hydrogen-bond acceptors (Lipinski definition) is 7. The topological polar surface area (TPSA) is 252 Å². The van der Waals surface area contributed by atoms with Gasteiger partial charge < -0.3 is 43.4 Å². The van der Waals surface area contributed by atoms with E-state index in [4.69, 9.17) is 22.3 Å². The third kappa shape index (κ3) is 12.0. The molecule has 0 spiro atoms. The first-order chi connectivity index (χ1) is 15.8. The normalized spacial score (nSPS) is 15.1. The van der Waals surface area contributed by atoms with E-state index >= 15 is 0 Å². The van der Waals surface area contributed by atoms with Crippen LogP contribution in [0.5, 0.6) is 0 Å². The molecule has 3 amide bonds. The zero-order valence-electron chi connectivity index (χ0n) is 19.7. The quantitative estimate of drug-likeness (QED) is 0.0664. The number of aliphatic carboxylic acids is 2. The maximum atomic E-state index is 12.8. The fourth-order valence-corrected chi connectivity index (χ4v) is 2.80. The van der Waals surface area contributed by atoms with E-state index in [9.17, 15) is 29.1 Å². The summed E-state index contributed by atoms with van der Waals surface area (Å²) in [7, 11) is 0. The monoisotopic (exact) mass is 487 g/mol. The zero-order chi connectivity index (χ0) is 26.4. The van der Waals surface area contributed by atoms with Crippen molar-refractivity contribution in [2.45, 2.75) is 77.0 Å². The SMILES string of the molecule is CCC(C)C(NC(=O)C(C)NC(=O)C(CCCN=C(N)N)NC(=O)C(N)CCC(=O)O)C(=O)O. The first-order valence-electron chi connectivity index (χ1n) is 11.0. The number of carbonyl (C=O) groups is 5. The molecule has 0 aromatic heterocycles. The minimum Gasteiger partial charge on any atom is -0.481 e. The summed E-state index contributed by atoms with van der Waals surface area (Å²) in [6, 6.07) is -4.50. The van der Waals surface area contributed by atoms with Crippen molar-refractivity contribution in [2.24, 2.45) is 28.1 Å². The largest absolute Gasteiger partial charge is 0.481 e. The van der Waals surface area contributed by atoms with Gasteiger partial charge >= 0.3 is 11.9 Å². The molecule has 34 heavy (non-hydrogen) atoms. The van der Waals surface area contributed by atoms with Crippen molar-refractivity contribution in [1.29, 1.82) is 0 Å². The van der Waals surface area contributed by atoms with Gasteiger partial charge in [-0.05, 0) is 32.1 Å². The van der Waals surface area contributed by atoms with Crippen molar-refractivity contribution in [3.63, 3.8) is 0 Å². The Morgan fingerprint density at radius 1 is 0.912 bits per heavy atom. The molecule has 0 aliphatic heterocycles. The number of nitrogens with zero attached hydrogens (tertiary/aromatic N) is 1. The summed E-state index contributed by atoms with van der Waals surface area (Å²) in [4.78, 5) is 63.5. The molecule has 0 radical (unpaired) electrons. The van der Waals surface area contributed by atoms with Crippen molar-refractivity contribution in [1.82, 2.24) is 16.0 Å². The molecule has 0 aromatic carbocycles. The van der Waals surface area contributed by atoms with Crippen LogP contribution in [0, 0.1) is 5.92 Å². The van der Waals surface area contributed by atoms with Gasteiger partial charge in [-0.15, -0.1) is 0 Å². The number of nitrogens with one attached hydrogen (secondary N) is 3. The van der Waals surface area contributed by atoms with Gasteiger partial charge in [0.15, 0.2) is 5.96 Å². The van der Waals surface area contributed by atoms with E-state index in [0.29, 0.717) is 12.8 Å². The number of guanidine groups is 1. The Hall–Kier alpha value is -3.42. The lowest BCUT2D eigenvalue weighted by Crippen LogP contribution is -2.57. The lowest BCUT2D eigenvalue weighted by atomic mass is 9.99. The maximum absolute atomic E-state index is 12.8. The van der Waals surface area contributed by atoms with Gasteiger partial charge in [-0.25, -0.2) is 4.79 Å². The Balaban J connectivity index is 5.24. The first-order valence-corrected chi connectivity index (χ1v) is 11.0. The van der Waals surface area contributed by atoms with Crippen molar-refractivity contribution >= 4 is 35.6 Å². The minimum atomic E-state index is -1.19. The number of aliphatic imine (C=N–C) groups is 1. The van der Waals surface area contributed by atoms with Crippen LogP contribution in [0.1, 0.15) is 52.9 Å². The summed E-state index contributed by atoms with van der Waals surface area (Å²) in [5.74, 6) is -4.93. The van der Waals surface area contributed by atoms with Crippen LogP contribution in [0.3, 0.4) is 0 Å².